The minimum absolute atomic E-state index is 0.0754. The lowest BCUT2D eigenvalue weighted by Crippen LogP contribution is -2.54. The van der Waals surface area contributed by atoms with Gasteiger partial charge in [0.2, 0.25) is 0 Å². The maximum atomic E-state index is 12.4. The number of hydrogen-bond acceptors (Lipinski definition) is 3. The molecule has 128 valence electrons. The van der Waals surface area contributed by atoms with E-state index in [9.17, 15) is 4.79 Å². The second-order valence-corrected chi connectivity index (χ2v) is 6.61. The second-order valence-electron chi connectivity index (χ2n) is 6.61. The van der Waals surface area contributed by atoms with Gasteiger partial charge in [0, 0.05) is 50.7 Å². The van der Waals surface area contributed by atoms with Crippen molar-refractivity contribution in [1.29, 1.82) is 0 Å². The fourth-order valence-corrected chi connectivity index (χ4v) is 2.93. The average molecular weight is 318 g/mol. The first-order chi connectivity index (χ1) is 11.0. The van der Waals surface area contributed by atoms with Crippen molar-refractivity contribution in [2.24, 2.45) is 5.92 Å². The van der Waals surface area contributed by atoms with E-state index in [1.54, 1.807) is 6.20 Å². The smallest absolute Gasteiger partial charge is 0.317 e. The van der Waals surface area contributed by atoms with Crippen LogP contribution in [0.3, 0.4) is 0 Å². The summed E-state index contributed by atoms with van der Waals surface area (Å²) in [6.45, 7) is 12.0. The third-order valence-electron chi connectivity index (χ3n) is 5.16. The molecule has 1 saturated heterocycles. The molecule has 1 aliphatic rings. The zero-order valence-corrected chi connectivity index (χ0v) is 14.8. The molecule has 1 aromatic rings. The van der Waals surface area contributed by atoms with Crippen molar-refractivity contribution in [2.45, 2.75) is 46.2 Å². The Labute approximate surface area is 140 Å². The van der Waals surface area contributed by atoms with Gasteiger partial charge in [-0.2, -0.15) is 0 Å². The van der Waals surface area contributed by atoms with Crippen LogP contribution in [-0.2, 0) is 0 Å². The average Bonchev–Trinajstić information content (AvgIpc) is 2.61. The summed E-state index contributed by atoms with van der Waals surface area (Å²) in [5, 5.41) is 3.13. The van der Waals surface area contributed by atoms with Crippen LogP contribution < -0.4 is 5.32 Å². The highest BCUT2D eigenvalue weighted by Gasteiger charge is 2.25. The van der Waals surface area contributed by atoms with Gasteiger partial charge in [0.1, 0.15) is 0 Å². The third-order valence-corrected chi connectivity index (χ3v) is 5.16. The van der Waals surface area contributed by atoms with Gasteiger partial charge in [0.05, 0.1) is 0 Å². The molecule has 2 rings (SSSR count). The number of pyridine rings is 1. The molecule has 0 unspecified atom stereocenters. The number of nitrogens with zero attached hydrogens (tertiary/aromatic N) is 3. The Balaban J connectivity index is 1.82. The SMILES string of the molecule is CC[C@H](C)[C@H](C)NC(=O)N1CCN([C@H](C)c2cccnc2)CC1. The minimum atomic E-state index is 0.0754. The molecule has 0 spiro atoms. The Morgan fingerprint density at radius 2 is 1.96 bits per heavy atom. The third kappa shape index (κ3) is 4.67. The van der Waals surface area contributed by atoms with Crippen molar-refractivity contribution >= 4 is 6.03 Å². The fraction of sp³-hybridized carbons (Fsp3) is 0.667. The Kier molecular flexibility index (Phi) is 6.39. The Morgan fingerprint density at radius 3 is 2.52 bits per heavy atom. The van der Waals surface area contributed by atoms with Gasteiger partial charge in [-0.25, -0.2) is 4.79 Å². The first-order valence-electron chi connectivity index (χ1n) is 8.72. The molecular weight excluding hydrogens is 288 g/mol. The summed E-state index contributed by atoms with van der Waals surface area (Å²) in [7, 11) is 0. The number of piperazine rings is 1. The second kappa shape index (κ2) is 8.29. The van der Waals surface area contributed by atoms with Gasteiger partial charge in [0.15, 0.2) is 0 Å². The highest BCUT2D eigenvalue weighted by molar-refractivity contribution is 5.74. The van der Waals surface area contributed by atoms with Gasteiger partial charge in [0.25, 0.3) is 0 Å². The fourth-order valence-electron chi connectivity index (χ4n) is 2.93. The van der Waals surface area contributed by atoms with Crippen LogP contribution in [0.1, 0.15) is 45.7 Å². The van der Waals surface area contributed by atoms with Crippen molar-refractivity contribution in [3.05, 3.63) is 30.1 Å². The summed E-state index contributed by atoms with van der Waals surface area (Å²) < 4.78 is 0. The van der Waals surface area contributed by atoms with Crippen molar-refractivity contribution in [1.82, 2.24) is 20.1 Å². The lowest BCUT2D eigenvalue weighted by Gasteiger charge is -2.38. The number of amides is 2. The maximum absolute atomic E-state index is 12.4. The summed E-state index contributed by atoms with van der Waals surface area (Å²) >= 11 is 0. The van der Waals surface area contributed by atoms with E-state index in [-0.39, 0.29) is 12.1 Å². The molecule has 5 heteroatoms. The molecule has 0 bridgehead atoms. The number of carbonyl (C=O) groups is 1. The van der Waals surface area contributed by atoms with E-state index in [1.807, 2.05) is 17.2 Å². The van der Waals surface area contributed by atoms with Crippen molar-refractivity contribution in [2.75, 3.05) is 26.2 Å². The molecule has 1 fully saturated rings. The molecule has 2 amide bonds. The van der Waals surface area contributed by atoms with Crippen LogP contribution in [0.5, 0.6) is 0 Å². The molecule has 0 radical (unpaired) electrons. The van der Waals surface area contributed by atoms with Crippen LogP contribution in [0, 0.1) is 5.92 Å². The van der Waals surface area contributed by atoms with Crippen LogP contribution in [0.25, 0.3) is 0 Å². The summed E-state index contributed by atoms with van der Waals surface area (Å²) in [6, 6.07) is 4.73. The van der Waals surface area contributed by atoms with E-state index >= 15 is 0 Å². The summed E-state index contributed by atoms with van der Waals surface area (Å²) in [5.74, 6) is 0.505. The molecule has 2 heterocycles. The number of rotatable bonds is 5. The molecule has 23 heavy (non-hydrogen) atoms. The predicted molar refractivity (Wildman–Crippen MR) is 93.2 cm³/mol. The van der Waals surface area contributed by atoms with E-state index in [4.69, 9.17) is 0 Å². The molecule has 0 aliphatic carbocycles. The van der Waals surface area contributed by atoms with Crippen LogP contribution >= 0.6 is 0 Å². The topological polar surface area (TPSA) is 48.5 Å². The number of urea groups is 1. The zero-order valence-electron chi connectivity index (χ0n) is 14.8. The lowest BCUT2D eigenvalue weighted by molar-refractivity contribution is 0.111. The summed E-state index contributed by atoms with van der Waals surface area (Å²) in [5.41, 5.74) is 1.23. The standard InChI is InChI=1S/C18H30N4O/c1-5-14(2)15(3)20-18(23)22-11-9-21(10-12-22)16(4)17-7-6-8-19-13-17/h6-8,13-16H,5,9-12H2,1-4H3,(H,20,23)/t14-,15-,16+/m0/s1. The minimum Gasteiger partial charge on any atom is -0.335 e. The Morgan fingerprint density at radius 1 is 1.26 bits per heavy atom. The van der Waals surface area contributed by atoms with Crippen LogP contribution in [0.2, 0.25) is 0 Å². The van der Waals surface area contributed by atoms with E-state index < -0.39 is 0 Å². The number of nitrogens with one attached hydrogen (secondary N) is 1. The van der Waals surface area contributed by atoms with Gasteiger partial charge in [-0.05, 0) is 31.4 Å². The molecule has 5 nitrogen and oxygen atoms in total. The Hall–Kier alpha value is -1.62. The number of carbonyl (C=O) groups excluding carboxylic acids is 1. The number of aromatic nitrogens is 1. The summed E-state index contributed by atoms with van der Waals surface area (Å²) in [6.07, 6.45) is 4.81. The molecule has 1 aromatic heterocycles. The quantitative estimate of drug-likeness (QED) is 0.908. The van der Waals surface area contributed by atoms with Crippen molar-refractivity contribution < 1.29 is 4.79 Å². The first-order valence-corrected chi connectivity index (χ1v) is 8.72. The molecule has 1 N–H and O–H groups in total. The van der Waals surface area contributed by atoms with E-state index in [0.29, 0.717) is 12.0 Å². The van der Waals surface area contributed by atoms with E-state index in [1.165, 1.54) is 5.56 Å². The van der Waals surface area contributed by atoms with Crippen LogP contribution in [-0.4, -0.2) is 53.0 Å². The van der Waals surface area contributed by atoms with Gasteiger partial charge in [-0.15, -0.1) is 0 Å². The van der Waals surface area contributed by atoms with E-state index in [2.05, 4.69) is 49.0 Å². The van der Waals surface area contributed by atoms with Gasteiger partial charge >= 0.3 is 6.03 Å². The summed E-state index contributed by atoms with van der Waals surface area (Å²) in [4.78, 5) is 20.9. The molecule has 3 atom stereocenters. The first kappa shape index (κ1) is 17.7. The van der Waals surface area contributed by atoms with E-state index in [0.717, 1.165) is 32.6 Å². The highest BCUT2D eigenvalue weighted by atomic mass is 16.2. The largest absolute Gasteiger partial charge is 0.335 e. The van der Waals surface area contributed by atoms with Crippen LogP contribution in [0.15, 0.2) is 24.5 Å². The monoisotopic (exact) mass is 318 g/mol. The van der Waals surface area contributed by atoms with Crippen molar-refractivity contribution in [3.63, 3.8) is 0 Å². The molecule has 0 saturated carbocycles. The van der Waals surface area contributed by atoms with Gasteiger partial charge < -0.3 is 10.2 Å². The highest BCUT2D eigenvalue weighted by Crippen LogP contribution is 2.20. The predicted octanol–water partition coefficient (Wildman–Crippen LogP) is 2.90. The lowest BCUT2D eigenvalue weighted by atomic mass is 10.0. The van der Waals surface area contributed by atoms with Crippen molar-refractivity contribution in [3.8, 4) is 0 Å². The normalized spacial score (nSPS) is 19.9. The molecular formula is C18H30N4O. The molecule has 0 aromatic carbocycles. The van der Waals surface area contributed by atoms with Gasteiger partial charge in [-0.3, -0.25) is 9.88 Å². The molecule has 1 aliphatic heterocycles. The zero-order chi connectivity index (χ0) is 16.8. The van der Waals surface area contributed by atoms with Gasteiger partial charge in [-0.1, -0.05) is 26.3 Å². The number of hydrogen-bond donors (Lipinski definition) is 1. The van der Waals surface area contributed by atoms with Crippen LogP contribution in [0.4, 0.5) is 4.79 Å². The Bertz CT molecular complexity index is 485. The maximum Gasteiger partial charge on any atom is 0.317 e.